The van der Waals surface area contributed by atoms with E-state index in [-0.39, 0.29) is 6.54 Å². The van der Waals surface area contributed by atoms with Gasteiger partial charge in [-0.2, -0.15) is 0 Å². The summed E-state index contributed by atoms with van der Waals surface area (Å²) >= 11 is 1.65. The first kappa shape index (κ1) is 32.2. The quantitative estimate of drug-likeness (QED) is 0.112. The fourth-order valence-corrected chi connectivity index (χ4v) is 6.72. The molecule has 2 aromatic heterocycles. The van der Waals surface area contributed by atoms with Crippen molar-refractivity contribution in [1.82, 2.24) is 14.5 Å². The van der Waals surface area contributed by atoms with Crippen LogP contribution in [0, 0.1) is 0 Å². The zero-order valence-electron chi connectivity index (χ0n) is 26.3. The third kappa shape index (κ3) is 9.40. The van der Waals surface area contributed by atoms with Crippen molar-refractivity contribution < 1.29 is 14.6 Å². The van der Waals surface area contributed by atoms with E-state index in [1.807, 2.05) is 29.3 Å². The Kier molecular flexibility index (Phi) is 11.6. The number of imidazole rings is 1. The molecule has 0 saturated heterocycles. The minimum atomic E-state index is -0.848. The van der Waals surface area contributed by atoms with Crippen LogP contribution in [0.15, 0.2) is 103 Å². The highest BCUT2D eigenvalue weighted by atomic mass is 32.1. The average Bonchev–Trinajstić information content (AvgIpc) is 3.70. The Labute approximate surface area is 271 Å². The lowest BCUT2D eigenvalue weighted by molar-refractivity contribution is -0.138. The molecular formula is C38H43N3O3S. The van der Waals surface area contributed by atoms with Gasteiger partial charge in [0.2, 0.25) is 0 Å². The number of aliphatic carboxylic acids is 1. The van der Waals surface area contributed by atoms with Crippen molar-refractivity contribution in [3.8, 4) is 16.9 Å². The molecule has 0 unspecified atom stereocenters. The Morgan fingerprint density at radius 1 is 0.911 bits per heavy atom. The summed E-state index contributed by atoms with van der Waals surface area (Å²) in [6, 6.07) is 29.5. The van der Waals surface area contributed by atoms with Crippen molar-refractivity contribution in [1.29, 1.82) is 0 Å². The second-order valence-electron chi connectivity index (χ2n) is 11.6. The minimum Gasteiger partial charge on any atom is -0.489 e. The lowest BCUT2D eigenvalue weighted by atomic mass is 9.90. The largest absolute Gasteiger partial charge is 0.489 e. The first-order chi connectivity index (χ1) is 22.0. The van der Waals surface area contributed by atoms with Crippen molar-refractivity contribution in [2.24, 2.45) is 0 Å². The molecule has 0 bridgehead atoms. The maximum absolute atomic E-state index is 11.7. The van der Waals surface area contributed by atoms with Gasteiger partial charge in [-0.15, -0.1) is 11.3 Å². The molecular weight excluding hydrogens is 579 g/mol. The summed E-state index contributed by atoms with van der Waals surface area (Å²) in [4.78, 5) is 19.3. The standard InChI is InChI=1S/C38H43N3O3S/c1-3-8-31(9-4-2)32-16-18-35(19-17-32)44-27-30-12-14-33(15-13-30)34-22-36(45-28-34)24-40(26-38(42)43)25-37-39-20-21-41(37)23-29-10-6-5-7-11-29/h5-7,10-22,28,31H,3-4,8-9,23-27H2,1-2H3,(H,42,43). The Hall–Kier alpha value is -4.20. The summed E-state index contributed by atoms with van der Waals surface area (Å²) < 4.78 is 8.18. The summed E-state index contributed by atoms with van der Waals surface area (Å²) in [6.45, 7) is 6.67. The SMILES string of the molecule is CCCC(CCC)c1ccc(OCc2ccc(-c3csc(CN(CC(=O)O)Cc4nccn4Cc4ccccc4)c3)cc2)cc1. The predicted molar refractivity (Wildman–Crippen MR) is 183 cm³/mol. The first-order valence-corrected chi connectivity index (χ1v) is 16.8. The number of ether oxygens (including phenoxy) is 1. The van der Waals surface area contributed by atoms with Gasteiger partial charge in [0.25, 0.3) is 0 Å². The molecule has 0 fully saturated rings. The maximum Gasteiger partial charge on any atom is 0.317 e. The van der Waals surface area contributed by atoms with E-state index in [4.69, 9.17) is 4.74 Å². The van der Waals surface area contributed by atoms with E-state index >= 15 is 0 Å². The van der Waals surface area contributed by atoms with Gasteiger partial charge in [-0.3, -0.25) is 9.69 Å². The van der Waals surface area contributed by atoms with Gasteiger partial charge < -0.3 is 14.4 Å². The molecule has 1 N–H and O–H groups in total. The van der Waals surface area contributed by atoms with Gasteiger partial charge in [0.1, 0.15) is 18.2 Å². The van der Waals surface area contributed by atoms with Crippen molar-refractivity contribution in [2.45, 2.75) is 71.7 Å². The Bertz CT molecular complexity index is 1600. The van der Waals surface area contributed by atoms with Gasteiger partial charge in [-0.1, -0.05) is 93.4 Å². The topological polar surface area (TPSA) is 67.6 Å². The zero-order valence-corrected chi connectivity index (χ0v) is 27.1. The number of hydrogen-bond donors (Lipinski definition) is 1. The summed E-state index contributed by atoms with van der Waals surface area (Å²) in [5.41, 5.74) is 5.97. The van der Waals surface area contributed by atoms with Crippen LogP contribution in [0.4, 0.5) is 0 Å². The molecule has 0 saturated carbocycles. The number of carboxylic acids is 1. The number of nitrogens with zero attached hydrogens (tertiary/aromatic N) is 3. The molecule has 0 aliphatic rings. The number of thiophene rings is 1. The molecule has 0 aliphatic heterocycles. The number of aromatic nitrogens is 2. The fourth-order valence-electron chi connectivity index (χ4n) is 5.78. The number of carbonyl (C=O) groups is 1. The number of rotatable bonds is 17. The van der Waals surface area contributed by atoms with Crippen LogP contribution < -0.4 is 4.74 Å². The lowest BCUT2D eigenvalue weighted by Gasteiger charge is -2.20. The van der Waals surface area contributed by atoms with E-state index < -0.39 is 5.97 Å². The van der Waals surface area contributed by atoms with Crippen molar-refractivity contribution in [3.63, 3.8) is 0 Å². The molecule has 45 heavy (non-hydrogen) atoms. The Morgan fingerprint density at radius 3 is 2.33 bits per heavy atom. The molecule has 0 aliphatic carbocycles. The lowest BCUT2D eigenvalue weighted by Crippen LogP contribution is -2.30. The van der Waals surface area contributed by atoms with Crippen LogP contribution in [0.3, 0.4) is 0 Å². The third-order valence-corrected chi connectivity index (χ3v) is 8.99. The van der Waals surface area contributed by atoms with Crippen LogP contribution in [0.5, 0.6) is 5.75 Å². The van der Waals surface area contributed by atoms with E-state index in [0.29, 0.717) is 32.2 Å². The number of benzene rings is 3. The monoisotopic (exact) mass is 621 g/mol. The number of hydrogen-bond acceptors (Lipinski definition) is 5. The van der Waals surface area contributed by atoms with Crippen molar-refractivity contribution >= 4 is 17.3 Å². The average molecular weight is 622 g/mol. The van der Waals surface area contributed by atoms with Crippen LogP contribution in [0.2, 0.25) is 0 Å². The van der Waals surface area contributed by atoms with Gasteiger partial charge in [-0.05, 0) is 70.2 Å². The molecule has 5 aromatic rings. The highest BCUT2D eigenvalue weighted by Crippen LogP contribution is 2.29. The molecule has 234 valence electrons. The van der Waals surface area contributed by atoms with Crippen LogP contribution in [0.1, 0.15) is 72.8 Å². The fraction of sp³-hybridized carbons (Fsp3) is 0.316. The van der Waals surface area contributed by atoms with Gasteiger partial charge in [0.15, 0.2) is 0 Å². The number of carboxylic acid groups (broad SMARTS) is 1. The van der Waals surface area contributed by atoms with Gasteiger partial charge >= 0.3 is 5.97 Å². The van der Waals surface area contributed by atoms with Crippen LogP contribution >= 0.6 is 11.3 Å². The molecule has 6 nitrogen and oxygen atoms in total. The first-order valence-electron chi connectivity index (χ1n) is 15.9. The molecule has 7 heteroatoms. The van der Waals surface area contributed by atoms with E-state index in [1.165, 1.54) is 36.8 Å². The van der Waals surface area contributed by atoms with E-state index in [0.717, 1.165) is 33.1 Å². The molecule has 2 heterocycles. The van der Waals surface area contributed by atoms with Crippen LogP contribution in [-0.2, 0) is 31.0 Å². The van der Waals surface area contributed by atoms with Gasteiger partial charge in [0, 0.05) is 30.4 Å². The van der Waals surface area contributed by atoms with Gasteiger partial charge in [0.05, 0.1) is 13.1 Å². The van der Waals surface area contributed by atoms with E-state index in [9.17, 15) is 9.90 Å². The second-order valence-corrected chi connectivity index (χ2v) is 12.6. The van der Waals surface area contributed by atoms with E-state index in [1.54, 1.807) is 17.5 Å². The Balaban J connectivity index is 1.17. The van der Waals surface area contributed by atoms with Gasteiger partial charge in [-0.25, -0.2) is 4.98 Å². The summed E-state index contributed by atoms with van der Waals surface area (Å²) in [7, 11) is 0. The summed E-state index contributed by atoms with van der Waals surface area (Å²) in [6.07, 6.45) is 8.60. The minimum absolute atomic E-state index is 0.0546. The molecule has 5 rings (SSSR count). The molecule has 0 radical (unpaired) electrons. The molecule has 3 aromatic carbocycles. The summed E-state index contributed by atoms with van der Waals surface area (Å²) in [5, 5.41) is 11.8. The molecule has 0 amide bonds. The van der Waals surface area contributed by atoms with E-state index in [2.05, 4.69) is 95.5 Å². The predicted octanol–water partition coefficient (Wildman–Crippen LogP) is 9.01. The van der Waals surface area contributed by atoms with Crippen molar-refractivity contribution in [2.75, 3.05) is 6.54 Å². The molecule has 0 atom stereocenters. The zero-order chi connectivity index (χ0) is 31.4. The highest BCUT2D eigenvalue weighted by Gasteiger charge is 2.16. The second kappa shape index (κ2) is 16.2. The smallest absolute Gasteiger partial charge is 0.317 e. The Morgan fingerprint density at radius 2 is 1.64 bits per heavy atom. The maximum atomic E-state index is 11.7. The highest BCUT2D eigenvalue weighted by molar-refractivity contribution is 7.10. The molecule has 0 spiro atoms. The normalized spacial score (nSPS) is 11.4. The summed E-state index contributed by atoms with van der Waals surface area (Å²) in [5.74, 6) is 1.53. The third-order valence-electron chi connectivity index (χ3n) is 8.07. The van der Waals surface area contributed by atoms with Crippen LogP contribution in [-0.4, -0.2) is 32.1 Å². The van der Waals surface area contributed by atoms with Crippen LogP contribution in [0.25, 0.3) is 11.1 Å². The van der Waals surface area contributed by atoms with Crippen molar-refractivity contribution in [3.05, 3.63) is 130 Å².